The third kappa shape index (κ3) is 4.51. The Kier molecular flexibility index (Phi) is 6.24. The van der Waals surface area contributed by atoms with E-state index in [2.05, 4.69) is 10.4 Å². The van der Waals surface area contributed by atoms with Crippen LogP contribution in [0.3, 0.4) is 0 Å². The number of carbonyl (C=O) groups is 1. The molecule has 1 aromatic carbocycles. The van der Waals surface area contributed by atoms with Gasteiger partial charge in [0.1, 0.15) is 17.4 Å². The fourth-order valence-electron chi connectivity index (χ4n) is 1.92. The van der Waals surface area contributed by atoms with Crippen LogP contribution in [0.15, 0.2) is 36.2 Å². The number of halogens is 2. The molecule has 1 heterocycles. The summed E-state index contributed by atoms with van der Waals surface area (Å²) in [6, 6.07) is 6.69. The Labute approximate surface area is 149 Å². The van der Waals surface area contributed by atoms with E-state index in [0.717, 1.165) is 0 Å². The quantitative estimate of drug-likeness (QED) is 0.484. The van der Waals surface area contributed by atoms with Crippen LogP contribution >= 0.6 is 23.2 Å². The summed E-state index contributed by atoms with van der Waals surface area (Å²) in [5.41, 5.74) is 1.05. The lowest BCUT2D eigenvalue weighted by Crippen LogP contribution is -2.13. The number of hydrogen-bond acceptors (Lipinski definition) is 4. The Bertz CT molecular complexity index is 809. The average Bonchev–Trinajstić information content (AvgIpc) is 3.00. The second kappa shape index (κ2) is 8.39. The van der Waals surface area contributed by atoms with Crippen LogP contribution in [0.25, 0.3) is 6.08 Å². The van der Waals surface area contributed by atoms with E-state index in [9.17, 15) is 10.1 Å². The maximum Gasteiger partial charge on any atom is 0.266 e. The number of amides is 1. The average molecular weight is 365 g/mol. The number of hydrogen-bond donors (Lipinski definition) is 1. The SMILES string of the molecule is COc1ccc(NC(=O)/C(C#N)=C\c2cnn(CCCl)c2)cc1Cl. The predicted molar refractivity (Wildman–Crippen MR) is 93.2 cm³/mol. The molecule has 6 nitrogen and oxygen atoms in total. The number of nitriles is 1. The number of nitrogens with zero attached hydrogens (tertiary/aromatic N) is 3. The summed E-state index contributed by atoms with van der Waals surface area (Å²) in [6.07, 6.45) is 4.72. The van der Waals surface area contributed by atoms with Crippen LogP contribution in [-0.2, 0) is 11.3 Å². The second-order valence-corrected chi connectivity index (χ2v) is 5.48. The zero-order valence-electron chi connectivity index (χ0n) is 12.8. The van der Waals surface area contributed by atoms with Gasteiger partial charge in [0, 0.05) is 23.3 Å². The molecule has 0 aliphatic rings. The first-order valence-electron chi connectivity index (χ1n) is 6.92. The lowest BCUT2D eigenvalue weighted by atomic mass is 10.2. The molecule has 1 amide bonds. The summed E-state index contributed by atoms with van der Waals surface area (Å²) < 4.78 is 6.68. The predicted octanol–water partition coefficient (Wildman–Crippen LogP) is 3.33. The van der Waals surface area contributed by atoms with Gasteiger partial charge in [-0.15, -0.1) is 11.6 Å². The summed E-state index contributed by atoms with van der Waals surface area (Å²) in [4.78, 5) is 12.2. The van der Waals surface area contributed by atoms with Crippen LogP contribution in [0, 0.1) is 11.3 Å². The number of alkyl halides is 1. The number of carbonyl (C=O) groups excluding carboxylic acids is 1. The lowest BCUT2D eigenvalue weighted by Gasteiger charge is -2.07. The van der Waals surface area contributed by atoms with Crippen molar-refractivity contribution in [3.05, 3.63) is 46.8 Å². The molecule has 0 aliphatic heterocycles. The van der Waals surface area contributed by atoms with Crippen LogP contribution in [0.1, 0.15) is 5.56 Å². The van der Waals surface area contributed by atoms with Gasteiger partial charge in [0.2, 0.25) is 0 Å². The zero-order chi connectivity index (χ0) is 17.5. The molecule has 0 saturated carbocycles. The van der Waals surface area contributed by atoms with Crippen molar-refractivity contribution < 1.29 is 9.53 Å². The first-order valence-corrected chi connectivity index (χ1v) is 7.83. The fraction of sp³-hybridized carbons (Fsp3) is 0.188. The number of anilines is 1. The first-order chi connectivity index (χ1) is 11.6. The minimum atomic E-state index is -0.538. The maximum absolute atomic E-state index is 12.2. The third-order valence-corrected chi connectivity index (χ3v) is 3.52. The minimum Gasteiger partial charge on any atom is -0.495 e. The Morgan fingerprint density at radius 3 is 2.96 bits per heavy atom. The molecular weight excluding hydrogens is 351 g/mol. The van der Waals surface area contributed by atoms with Crippen LogP contribution in [0.2, 0.25) is 5.02 Å². The molecule has 8 heteroatoms. The van der Waals surface area contributed by atoms with E-state index in [1.165, 1.54) is 13.2 Å². The molecule has 0 spiro atoms. The Hall–Kier alpha value is -2.49. The van der Waals surface area contributed by atoms with Crippen LogP contribution < -0.4 is 10.1 Å². The van der Waals surface area contributed by atoms with E-state index in [-0.39, 0.29) is 5.57 Å². The van der Waals surface area contributed by atoms with Crippen LogP contribution in [0.5, 0.6) is 5.75 Å². The Balaban J connectivity index is 2.15. The van der Waals surface area contributed by atoms with Crippen LogP contribution in [0.4, 0.5) is 5.69 Å². The van der Waals surface area contributed by atoms with E-state index in [4.69, 9.17) is 27.9 Å². The third-order valence-electron chi connectivity index (χ3n) is 3.05. The van der Waals surface area contributed by atoms with Crippen molar-refractivity contribution in [3.8, 4) is 11.8 Å². The van der Waals surface area contributed by atoms with Gasteiger partial charge in [-0.25, -0.2) is 0 Å². The Morgan fingerprint density at radius 2 is 2.33 bits per heavy atom. The van der Waals surface area contributed by atoms with Crippen molar-refractivity contribution in [1.29, 1.82) is 5.26 Å². The van der Waals surface area contributed by atoms with Crippen molar-refractivity contribution >= 4 is 40.9 Å². The van der Waals surface area contributed by atoms with E-state index in [1.807, 2.05) is 6.07 Å². The lowest BCUT2D eigenvalue weighted by molar-refractivity contribution is -0.112. The summed E-state index contributed by atoms with van der Waals surface area (Å²) >= 11 is 11.7. The summed E-state index contributed by atoms with van der Waals surface area (Å²) in [6.45, 7) is 0.549. The van der Waals surface area contributed by atoms with Crippen molar-refractivity contribution in [2.24, 2.45) is 0 Å². The molecule has 24 heavy (non-hydrogen) atoms. The first kappa shape index (κ1) is 17.9. The molecule has 0 atom stereocenters. The smallest absolute Gasteiger partial charge is 0.266 e. The molecule has 124 valence electrons. The van der Waals surface area contributed by atoms with Gasteiger partial charge in [-0.05, 0) is 24.3 Å². The van der Waals surface area contributed by atoms with Gasteiger partial charge in [-0.3, -0.25) is 9.48 Å². The van der Waals surface area contributed by atoms with Gasteiger partial charge in [-0.2, -0.15) is 10.4 Å². The summed E-state index contributed by atoms with van der Waals surface area (Å²) in [7, 11) is 1.50. The number of benzene rings is 1. The number of aromatic nitrogens is 2. The van der Waals surface area contributed by atoms with E-state index >= 15 is 0 Å². The molecule has 0 unspecified atom stereocenters. The van der Waals surface area contributed by atoms with Gasteiger partial charge in [-0.1, -0.05) is 11.6 Å². The Morgan fingerprint density at radius 1 is 1.54 bits per heavy atom. The molecule has 0 bridgehead atoms. The zero-order valence-corrected chi connectivity index (χ0v) is 14.3. The summed E-state index contributed by atoms with van der Waals surface area (Å²) in [5, 5.41) is 16.3. The normalized spacial score (nSPS) is 11.0. The van der Waals surface area contributed by atoms with Gasteiger partial charge >= 0.3 is 0 Å². The second-order valence-electron chi connectivity index (χ2n) is 4.70. The van der Waals surface area contributed by atoms with Gasteiger partial charge < -0.3 is 10.1 Å². The molecule has 2 aromatic rings. The minimum absolute atomic E-state index is 0.0487. The molecule has 0 aliphatic carbocycles. The molecule has 1 aromatic heterocycles. The molecule has 0 radical (unpaired) electrons. The van der Waals surface area contributed by atoms with E-state index < -0.39 is 5.91 Å². The number of aryl methyl sites for hydroxylation is 1. The number of rotatable bonds is 6. The highest BCUT2D eigenvalue weighted by Crippen LogP contribution is 2.27. The molecule has 1 N–H and O–H groups in total. The fourth-order valence-corrected chi connectivity index (χ4v) is 2.35. The largest absolute Gasteiger partial charge is 0.495 e. The van der Waals surface area contributed by atoms with Crippen molar-refractivity contribution in [3.63, 3.8) is 0 Å². The molecule has 0 fully saturated rings. The van der Waals surface area contributed by atoms with Crippen molar-refractivity contribution in [2.45, 2.75) is 6.54 Å². The number of ether oxygens (including phenoxy) is 1. The highest BCUT2D eigenvalue weighted by atomic mass is 35.5. The topological polar surface area (TPSA) is 79.9 Å². The van der Waals surface area contributed by atoms with Gasteiger partial charge in [0.05, 0.1) is 24.9 Å². The van der Waals surface area contributed by atoms with Crippen molar-refractivity contribution in [1.82, 2.24) is 9.78 Å². The molecule has 0 saturated heterocycles. The highest BCUT2D eigenvalue weighted by Gasteiger charge is 2.11. The van der Waals surface area contributed by atoms with Crippen LogP contribution in [-0.4, -0.2) is 28.7 Å². The standard InChI is InChI=1S/C16H14Cl2N4O2/c1-24-15-3-2-13(7-14(15)18)21-16(23)12(8-19)6-11-9-20-22(10-11)5-4-17/h2-3,6-7,9-10H,4-5H2,1H3,(H,21,23)/b12-6-. The molecule has 2 rings (SSSR count). The maximum atomic E-state index is 12.2. The monoisotopic (exact) mass is 364 g/mol. The van der Waals surface area contributed by atoms with E-state index in [0.29, 0.717) is 34.4 Å². The van der Waals surface area contributed by atoms with Gasteiger partial charge in [0.25, 0.3) is 5.91 Å². The van der Waals surface area contributed by atoms with E-state index in [1.54, 1.807) is 35.3 Å². The number of methoxy groups -OCH3 is 1. The highest BCUT2D eigenvalue weighted by molar-refractivity contribution is 6.32. The van der Waals surface area contributed by atoms with Gasteiger partial charge in [0.15, 0.2) is 0 Å². The van der Waals surface area contributed by atoms with Crippen molar-refractivity contribution in [2.75, 3.05) is 18.3 Å². The summed E-state index contributed by atoms with van der Waals surface area (Å²) in [5.74, 6) is 0.385. The number of nitrogens with one attached hydrogen (secondary N) is 1. The molecular formula is C16H14Cl2N4O2.